The van der Waals surface area contributed by atoms with Crippen LogP contribution in [0.3, 0.4) is 0 Å². The summed E-state index contributed by atoms with van der Waals surface area (Å²) < 4.78 is 1.89. The van der Waals surface area contributed by atoms with Crippen LogP contribution < -0.4 is 5.56 Å². The van der Waals surface area contributed by atoms with Gasteiger partial charge in [-0.1, -0.05) is 61.5 Å². The first kappa shape index (κ1) is 23.0. The van der Waals surface area contributed by atoms with E-state index in [4.69, 9.17) is 4.98 Å². The maximum Gasteiger partial charge on any atom is 0.261 e. The Bertz CT molecular complexity index is 1370. The molecule has 1 fully saturated rings. The molecule has 5 nitrogen and oxygen atoms in total. The third-order valence-electron chi connectivity index (χ3n) is 7.00. The molecule has 4 aromatic rings. The van der Waals surface area contributed by atoms with Gasteiger partial charge in [-0.25, -0.2) is 4.98 Å². The molecule has 3 aromatic carbocycles. The normalized spacial score (nSPS) is 14.4. The van der Waals surface area contributed by atoms with Gasteiger partial charge in [-0.2, -0.15) is 0 Å². The van der Waals surface area contributed by atoms with E-state index in [0.717, 1.165) is 53.7 Å². The van der Waals surface area contributed by atoms with Gasteiger partial charge < -0.3 is 4.90 Å². The van der Waals surface area contributed by atoms with Crippen molar-refractivity contribution in [2.24, 2.45) is 5.92 Å². The monoisotopic (exact) mass is 465 g/mol. The molecule has 178 valence electrons. The Balaban J connectivity index is 1.26. The van der Waals surface area contributed by atoms with Crippen molar-refractivity contribution in [2.45, 2.75) is 39.2 Å². The van der Waals surface area contributed by atoms with Gasteiger partial charge in [-0.05, 0) is 60.6 Å². The van der Waals surface area contributed by atoms with Crippen LogP contribution in [0.5, 0.6) is 0 Å². The first-order valence-corrected chi connectivity index (χ1v) is 12.6. The molecule has 0 bridgehead atoms. The average molecular weight is 466 g/mol. The minimum Gasteiger partial charge on any atom is -0.339 e. The molecule has 2 heterocycles. The van der Waals surface area contributed by atoms with E-state index < -0.39 is 0 Å². The van der Waals surface area contributed by atoms with Crippen LogP contribution in [-0.2, 0) is 13.0 Å². The average Bonchev–Trinajstić information content (AvgIpc) is 2.91. The third kappa shape index (κ3) is 4.90. The van der Waals surface area contributed by atoms with Crippen LogP contribution in [0.4, 0.5) is 0 Å². The molecular weight excluding hydrogens is 434 g/mol. The fraction of sp³-hybridized carbons (Fsp3) is 0.300. The van der Waals surface area contributed by atoms with Crippen LogP contribution in [-0.4, -0.2) is 33.4 Å². The van der Waals surface area contributed by atoms with E-state index in [2.05, 4.69) is 19.1 Å². The second kappa shape index (κ2) is 10.3. The number of carbonyl (C=O) groups excluding carboxylic acids is 1. The van der Waals surface area contributed by atoms with E-state index in [1.54, 1.807) is 0 Å². The lowest BCUT2D eigenvalue weighted by Gasteiger charge is -2.32. The molecule has 0 aliphatic carbocycles. The van der Waals surface area contributed by atoms with Crippen molar-refractivity contribution in [1.29, 1.82) is 0 Å². The van der Waals surface area contributed by atoms with Gasteiger partial charge in [0.1, 0.15) is 5.82 Å². The number of likely N-dealkylation sites (tertiary alicyclic amines) is 1. The summed E-state index contributed by atoms with van der Waals surface area (Å²) in [4.78, 5) is 33.1. The van der Waals surface area contributed by atoms with Crippen LogP contribution >= 0.6 is 0 Å². The smallest absolute Gasteiger partial charge is 0.261 e. The zero-order valence-electron chi connectivity index (χ0n) is 20.2. The van der Waals surface area contributed by atoms with Crippen molar-refractivity contribution < 1.29 is 4.79 Å². The van der Waals surface area contributed by atoms with E-state index in [1.807, 2.05) is 76.2 Å². The Morgan fingerprint density at radius 1 is 0.886 bits per heavy atom. The molecule has 0 atom stereocenters. The molecule has 0 spiro atoms. The van der Waals surface area contributed by atoms with Crippen molar-refractivity contribution in [3.63, 3.8) is 0 Å². The van der Waals surface area contributed by atoms with Gasteiger partial charge in [0.2, 0.25) is 0 Å². The second-order valence-corrected chi connectivity index (χ2v) is 9.39. The number of fused-ring (bicyclic) bond motifs is 1. The van der Waals surface area contributed by atoms with Gasteiger partial charge in [-0.15, -0.1) is 0 Å². The maximum atomic E-state index is 13.2. The molecule has 1 amide bonds. The van der Waals surface area contributed by atoms with Crippen molar-refractivity contribution in [3.8, 4) is 11.1 Å². The summed E-state index contributed by atoms with van der Waals surface area (Å²) in [6.07, 6.45) is 3.51. The Morgan fingerprint density at radius 3 is 2.26 bits per heavy atom. The molecule has 1 aromatic heterocycles. The summed E-state index contributed by atoms with van der Waals surface area (Å²) in [5.74, 6) is 1.31. The van der Waals surface area contributed by atoms with Crippen LogP contribution in [0.1, 0.15) is 42.4 Å². The highest BCUT2D eigenvalue weighted by atomic mass is 16.2. The Morgan fingerprint density at radius 2 is 1.54 bits per heavy atom. The molecule has 0 radical (unpaired) electrons. The van der Waals surface area contributed by atoms with Crippen LogP contribution in [0.2, 0.25) is 0 Å². The number of piperidine rings is 1. The largest absolute Gasteiger partial charge is 0.339 e. The summed E-state index contributed by atoms with van der Waals surface area (Å²) >= 11 is 0. The Kier molecular flexibility index (Phi) is 6.75. The standard InChI is InChI=1S/C30H31N3O2/c1-2-8-28-31-27-12-7-6-11-26(27)30(35)33(28)21-22-17-19-32(20-18-22)29(34)25-15-13-24(14-16-25)23-9-4-3-5-10-23/h3-7,9-16,22H,2,8,17-21H2,1H3. The van der Waals surface area contributed by atoms with E-state index in [9.17, 15) is 9.59 Å². The number of hydrogen-bond donors (Lipinski definition) is 0. The zero-order chi connectivity index (χ0) is 24.2. The molecule has 35 heavy (non-hydrogen) atoms. The molecule has 5 heteroatoms. The molecular formula is C30H31N3O2. The molecule has 1 aliphatic heterocycles. The van der Waals surface area contributed by atoms with E-state index >= 15 is 0 Å². The van der Waals surface area contributed by atoms with Gasteiger partial charge in [0.25, 0.3) is 11.5 Å². The van der Waals surface area contributed by atoms with Gasteiger partial charge in [-0.3, -0.25) is 14.2 Å². The number of amides is 1. The highest BCUT2D eigenvalue weighted by molar-refractivity contribution is 5.94. The number of rotatable bonds is 6. The predicted octanol–water partition coefficient (Wildman–Crippen LogP) is 5.57. The first-order valence-electron chi connectivity index (χ1n) is 12.6. The van der Waals surface area contributed by atoms with Gasteiger partial charge in [0, 0.05) is 31.6 Å². The summed E-state index contributed by atoms with van der Waals surface area (Å²) in [6.45, 7) is 4.20. The number of aromatic nitrogens is 2. The second-order valence-electron chi connectivity index (χ2n) is 9.39. The van der Waals surface area contributed by atoms with Crippen LogP contribution in [0.15, 0.2) is 83.7 Å². The maximum absolute atomic E-state index is 13.2. The highest BCUT2D eigenvalue weighted by Crippen LogP contribution is 2.23. The first-order chi connectivity index (χ1) is 17.1. The molecule has 1 aliphatic rings. The number of carbonyl (C=O) groups is 1. The summed E-state index contributed by atoms with van der Waals surface area (Å²) in [6, 6.07) is 25.7. The van der Waals surface area contributed by atoms with Gasteiger partial charge >= 0.3 is 0 Å². The summed E-state index contributed by atoms with van der Waals surface area (Å²) in [7, 11) is 0. The topological polar surface area (TPSA) is 55.2 Å². The summed E-state index contributed by atoms with van der Waals surface area (Å²) in [5, 5.41) is 0.680. The SMILES string of the molecule is CCCc1nc2ccccc2c(=O)n1CC1CCN(C(=O)c2ccc(-c3ccccc3)cc2)CC1. The Labute approximate surface area is 206 Å². The van der Waals surface area contributed by atoms with Crippen molar-refractivity contribution in [3.05, 3.63) is 101 Å². The lowest BCUT2D eigenvalue weighted by molar-refractivity contribution is 0.0682. The fourth-order valence-corrected chi connectivity index (χ4v) is 5.01. The van der Waals surface area contributed by atoms with Gasteiger partial charge in [0.15, 0.2) is 0 Å². The number of benzene rings is 3. The van der Waals surface area contributed by atoms with Crippen molar-refractivity contribution in [2.75, 3.05) is 13.1 Å². The Hall–Kier alpha value is -3.73. The number of aryl methyl sites for hydroxylation is 1. The summed E-state index contributed by atoms with van der Waals surface area (Å²) in [5.41, 5.74) is 3.81. The molecule has 0 unspecified atom stereocenters. The van der Waals surface area contributed by atoms with E-state index in [-0.39, 0.29) is 11.5 Å². The molecule has 5 rings (SSSR count). The zero-order valence-corrected chi connectivity index (χ0v) is 20.2. The van der Waals surface area contributed by atoms with E-state index in [0.29, 0.717) is 30.9 Å². The molecule has 0 N–H and O–H groups in total. The van der Waals surface area contributed by atoms with Gasteiger partial charge in [0.05, 0.1) is 10.9 Å². The fourth-order valence-electron chi connectivity index (χ4n) is 5.01. The van der Waals surface area contributed by atoms with Crippen LogP contribution in [0.25, 0.3) is 22.0 Å². The highest BCUT2D eigenvalue weighted by Gasteiger charge is 2.25. The number of hydrogen-bond acceptors (Lipinski definition) is 3. The minimum absolute atomic E-state index is 0.0519. The van der Waals surface area contributed by atoms with Crippen molar-refractivity contribution >= 4 is 16.8 Å². The lowest BCUT2D eigenvalue weighted by atomic mass is 9.95. The predicted molar refractivity (Wildman–Crippen MR) is 141 cm³/mol. The number of para-hydroxylation sites is 1. The minimum atomic E-state index is 0.0519. The lowest BCUT2D eigenvalue weighted by Crippen LogP contribution is -2.40. The quantitative estimate of drug-likeness (QED) is 0.374. The van der Waals surface area contributed by atoms with Crippen LogP contribution in [0, 0.1) is 5.92 Å². The van der Waals surface area contributed by atoms with Crippen molar-refractivity contribution in [1.82, 2.24) is 14.5 Å². The molecule has 1 saturated heterocycles. The number of nitrogens with zero attached hydrogens (tertiary/aromatic N) is 3. The molecule has 0 saturated carbocycles. The van der Waals surface area contributed by atoms with E-state index in [1.165, 1.54) is 0 Å². The third-order valence-corrected chi connectivity index (χ3v) is 7.00.